The number of urea groups is 1. The third kappa shape index (κ3) is 6.02. The summed E-state index contributed by atoms with van der Waals surface area (Å²) < 4.78 is 22.0. The monoisotopic (exact) mass is 429 g/mol. The van der Waals surface area contributed by atoms with Crippen molar-refractivity contribution in [2.75, 3.05) is 59.0 Å². The van der Waals surface area contributed by atoms with Crippen molar-refractivity contribution in [3.63, 3.8) is 0 Å². The van der Waals surface area contributed by atoms with Gasteiger partial charge in [0, 0.05) is 19.6 Å². The minimum absolute atomic E-state index is 0.0307. The molecule has 1 atom stereocenters. The highest BCUT2D eigenvalue weighted by Gasteiger charge is 2.24. The van der Waals surface area contributed by atoms with Crippen LogP contribution in [0.3, 0.4) is 0 Å². The first-order valence-corrected chi connectivity index (χ1v) is 10.5. The van der Waals surface area contributed by atoms with Gasteiger partial charge in [-0.2, -0.15) is 0 Å². The van der Waals surface area contributed by atoms with Crippen LogP contribution in [0.15, 0.2) is 42.5 Å². The Hall–Kier alpha value is -2.97. The molecule has 8 heteroatoms. The SMILES string of the molecule is CCOc1ccc([C@@H](CNC(=O)Nc2ccccc2OC)N2CCOCC2)cc1OC. The maximum absolute atomic E-state index is 12.6. The molecule has 3 rings (SSSR count). The zero-order valence-corrected chi connectivity index (χ0v) is 18.3. The number of nitrogens with zero attached hydrogens (tertiary/aromatic N) is 1. The molecule has 168 valence electrons. The first-order chi connectivity index (χ1) is 15.2. The van der Waals surface area contributed by atoms with Crippen molar-refractivity contribution in [3.05, 3.63) is 48.0 Å². The summed E-state index contributed by atoms with van der Waals surface area (Å²) in [5, 5.41) is 5.85. The van der Waals surface area contributed by atoms with Crippen molar-refractivity contribution >= 4 is 11.7 Å². The molecule has 0 unspecified atom stereocenters. The van der Waals surface area contributed by atoms with E-state index >= 15 is 0 Å². The second-order valence-corrected chi connectivity index (χ2v) is 7.04. The lowest BCUT2D eigenvalue weighted by Crippen LogP contribution is -2.44. The van der Waals surface area contributed by atoms with Crippen molar-refractivity contribution in [1.82, 2.24) is 10.2 Å². The van der Waals surface area contributed by atoms with Crippen LogP contribution in [-0.4, -0.2) is 64.6 Å². The predicted molar refractivity (Wildman–Crippen MR) is 119 cm³/mol. The maximum atomic E-state index is 12.6. The predicted octanol–water partition coefficient (Wildman–Crippen LogP) is 3.30. The van der Waals surface area contributed by atoms with Gasteiger partial charge < -0.3 is 29.6 Å². The largest absolute Gasteiger partial charge is 0.495 e. The lowest BCUT2D eigenvalue weighted by Gasteiger charge is -2.35. The summed E-state index contributed by atoms with van der Waals surface area (Å²) in [5.41, 5.74) is 1.66. The molecule has 1 aliphatic heterocycles. The molecular weight excluding hydrogens is 398 g/mol. The number of methoxy groups -OCH3 is 2. The third-order valence-corrected chi connectivity index (χ3v) is 5.17. The fraction of sp³-hybridized carbons (Fsp3) is 0.435. The van der Waals surface area contributed by atoms with Crippen LogP contribution < -0.4 is 24.8 Å². The van der Waals surface area contributed by atoms with E-state index in [2.05, 4.69) is 15.5 Å². The Morgan fingerprint density at radius 1 is 1.06 bits per heavy atom. The Morgan fingerprint density at radius 2 is 1.81 bits per heavy atom. The average Bonchev–Trinajstić information content (AvgIpc) is 2.81. The van der Waals surface area contributed by atoms with Gasteiger partial charge in [-0.05, 0) is 36.8 Å². The molecule has 1 fully saturated rings. The van der Waals surface area contributed by atoms with Crippen LogP contribution >= 0.6 is 0 Å². The van der Waals surface area contributed by atoms with E-state index in [1.54, 1.807) is 26.4 Å². The van der Waals surface area contributed by atoms with Gasteiger partial charge in [0.05, 0.1) is 45.8 Å². The van der Waals surface area contributed by atoms with Crippen molar-refractivity contribution in [3.8, 4) is 17.2 Å². The molecule has 0 spiro atoms. The molecule has 1 saturated heterocycles. The molecule has 2 aromatic carbocycles. The number of amides is 2. The van der Waals surface area contributed by atoms with Gasteiger partial charge in [-0.3, -0.25) is 4.90 Å². The van der Waals surface area contributed by atoms with Crippen LogP contribution in [0.2, 0.25) is 0 Å². The van der Waals surface area contributed by atoms with E-state index in [0.717, 1.165) is 18.7 Å². The van der Waals surface area contributed by atoms with Crippen LogP contribution in [0, 0.1) is 0 Å². The number of nitrogens with one attached hydrogen (secondary N) is 2. The molecule has 0 aromatic heterocycles. The first-order valence-electron chi connectivity index (χ1n) is 10.5. The second kappa shape index (κ2) is 11.4. The number of carbonyl (C=O) groups is 1. The number of anilines is 1. The summed E-state index contributed by atoms with van der Waals surface area (Å²) in [4.78, 5) is 14.9. The van der Waals surface area contributed by atoms with Crippen LogP contribution in [0.25, 0.3) is 0 Å². The van der Waals surface area contributed by atoms with Gasteiger partial charge in [-0.15, -0.1) is 0 Å². The van der Waals surface area contributed by atoms with Gasteiger partial charge in [0.25, 0.3) is 0 Å². The van der Waals surface area contributed by atoms with Gasteiger partial charge >= 0.3 is 6.03 Å². The number of ether oxygens (including phenoxy) is 4. The van der Waals surface area contributed by atoms with E-state index < -0.39 is 0 Å². The van der Waals surface area contributed by atoms with Crippen molar-refractivity contribution < 1.29 is 23.7 Å². The highest BCUT2D eigenvalue weighted by molar-refractivity contribution is 5.90. The molecule has 0 radical (unpaired) electrons. The summed E-state index contributed by atoms with van der Waals surface area (Å²) in [6, 6.07) is 12.9. The Balaban J connectivity index is 1.74. The second-order valence-electron chi connectivity index (χ2n) is 7.04. The van der Waals surface area contributed by atoms with Crippen molar-refractivity contribution in [2.24, 2.45) is 0 Å². The summed E-state index contributed by atoms with van der Waals surface area (Å²) in [7, 11) is 3.20. The number of hydrogen-bond donors (Lipinski definition) is 2. The molecule has 2 N–H and O–H groups in total. The number of morpholine rings is 1. The minimum atomic E-state index is -0.291. The average molecular weight is 430 g/mol. The molecule has 1 heterocycles. The highest BCUT2D eigenvalue weighted by Crippen LogP contribution is 2.32. The number of carbonyl (C=O) groups excluding carboxylic acids is 1. The number of benzene rings is 2. The Kier molecular flexibility index (Phi) is 8.37. The van der Waals surface area contributed by atoms with Crippen molar-refractivity contribution in [2.45, 2.75) is 13.0 Å². The zero-order chi connectivity index (χ0) is 22.1. The van der Waals surface area contributed by atoms with Gasteiger partial charge in [0.1, 0.15) is 5.75 Å². The molecule has 2 aromatic rings. The molecule has 2 amide bonds. The minimum Gasteiger partial charge on any atom is -0.495 e. The van der Waals surface area contributed by atoms with Crippen LogP contribution in [0.4, 0.5) is 10.5 Å². The van der Waals surface area contributed by atoms with Gasteiger partial charge in [0.2, 0.25) is 0 Å². The van der Waals surface area contributed by atoms with E-state index in [1.165, 1.54) is 0 Å². The van der Waals surface area contributed by atoms with E-state index in [0.29, 0.717) is 49.3 Å². The smallest absolute Gasteiger partial charge is 0.319 e. The van der Waals surface area contributed by atoms with E-state index in [9.17, 15) is 4.79 Å². The Bertz CT molecular complexity index is 855. The maximum Gasteiger partial charge on any atom is 0.319 e. The molecule has 0 bridgehead atoms. The number of rotatable bonds is 9. The first kappa shape index (κ1) is 22.7. The van der Waals surface area contributed by atoms with E-state index in [4.69, 9.17) is 18.9 Å². The zero-order valence-electron chi connectivity index (χ0n) is 18.3. The molecule has 31 heavy (non-hydrogen) atoms. The van der Waals surface area contributed by atoms with E-state index in [-0.39, 0.29) is 12.1 Å². The topological polar surface area (TPSA) is 81.3 Å². The fourth-order valence-corrected chi connectivity index (χ4v) is 3.62. The Morgan fingerprint density at radius 3 is 2.52 bits per heavy atom. The number of hydrogen-bond acceptors (Lipinski definition) is 6. The Labute approximate surface area is 183 Å². The molecule has 0 saturated carbocycles. The third-order valence-electron chi connectivity index (χ3n) is 5.17. The summed E-state index contributed by atoms with van der Waals surface area (Å²) in [6.07, 6.45) is 0. The van der Waals surface area contributed by atoms with Gasteiger partial charge in [-0.25, -0.2) is 4.79 Å². The van der Waals surface area contributed by atoms with Gasteiger partial charge in [0.15, 0.2) is 11.5 Å². The van der Waals surface area contributed by atoms with Crippen LogP contribution in [-0.2, 0) is 4.74 Å². The quantitative estimate of drug-likeness (QED) is 0.637. The molecule has 0 aliphatic carbocycles. The summed E-state index contributed by atoms with van der Waals surface area (Å²) in [6.45, 7) is 5.84. The molecular formula is C23H31N3O5. The van der Waals surface area contributed by atoms with Crippen LogP contribution in [0.5, 0.6) is 17.2 Å². The summed E-state index contributed by atoms with van der Waals surface area (Å²) >= 11 is 0. The fourth-order valence-electron chi connectivity index (χ4n) is 3.62. The standard InChI is InChI=1S/C23H31N3O5/c1-4-31-21-10-9-17(15-22(21)29-3)19(26-11-13-30-14-12-26)16-24-23(27)25-18-7-5-6-8-20(18)28-2/h5-10,15,19H,4,11-14,16H2,1-3H3,(H2,24,25,27)/t19-/m1/s1. The highest BCUT2D eigenvalue weighted by atomic mass is 16.5. The lowest BCUT2D eigenvalue weighted by atomic mass is 10.0. The normalized spacial score (nSPS) is 15.1. The lowest BCUT2D eigenvalue weighted by molar-refractivity contribution is 0.0167. The van der Waals surface area contributed by atoms with Gasteiger partial charge in [-0.1, -0.05) is 18.2 Å². The summed E-state index contributed by atoms with van der Waals surface area (Å²) in [5.74, 6) is 1.99. The van der Waals surface area contributed by atoms with Crippen LogP contribution in [0.1, 0.15) is 18.5 Å². The van der Waals surface area contributed by atoms with Crippen molar-refractivity contribution in [1.29, 1.82) is 0 Å². The molecule has 1 aliphatic rings. The number of para-hydroxylation sites is 2. The van der Waals surface area contributed by atoms with E-state index in [1.807, 2.05) is 37.3 Å². The molecule has 8 nitrogen and oxygen atoms in total.